The third kappa shape index (κ3) is 5.13. The summed E-state index contributed by atoms with van der Waals surface area (Å²) in [7, 11) is 0. The van der Waals surface area contributed by atoms with Crippen molar-refractivity contribution in [1.29, 1.82) is 0 Å². The fourth-order valence-electron chi connectivity index (χ4n) is 3.57. The molecule has 3 N–H and O–H groups in total. The molecule has 1 saturated carbocycles. The van der Waals surface area contributed by atoms with E-state index in [-0.39, 0.29) is 11.8 Å². The first-order valence-electron chi connectivity index (χ1n) is 8.01. The summed E-state index contributed by atoms with van der Waals surface area (Å²) in [6, 6.07) is 0. The first-order valence-corrected chi connectivity index (χ1v) is 8.01. The lowest BCUT2D eigenvalue weighted by Crippen LogP contribution is -2.41. The predicted octanol–water partition coefficient (Wildman–Crippen LogP) is 3.08. The van der Waals surface area contributed by atoms with Crippen LogP contribution in [0.3, 0.4) is 0 Å². The van der Waals surface area contributed by atoms with Crippen LogP contribution in [0.1, 0.15) is 65.7 Å². The lowest BCUT2D eigenvalue weighted by atomic mass is 9.78. The molecule has 1 aliphatic rings. The van der Waals surface area contributed by atoms with Gasteiger partial charge < -0.3 is 11.1 Å². The highest BCUT2D eigenvalue weighted by Crippen LogP contribution is 2.42. The summed E-state index contributed by atoms with van der Waals surface area (Å²) in [5, 5.41) is 3.19. The molecule has 0 aromatic carbocycles. The highest BCUT2D eigenvalue weighted by Gasteiger charge is 2.35. The molecule has 0 aliphatic heterocycles. The van der Waals surface area contributed by atoms with Crippen molar-refractivity contribution >= 4 is 5.91 Å². The Bertz CT molecular complexity index is 270. The van der Waals surface area contributed by atoms with Crippen LogP contribution < -0.4 is 11.1 Å². The second-order valence-electron chi connectivity index (χ2n) is 6.74. The maximum absolute atomic E-state index is 12.2. The topological polar surface area (TPSA) is 55.1 Å². The minimum absolute atomic E-state index is 0.00232. The molecule has 0 bridgehead atoms. The maximum atomic E-state index is 12.2. The van der Waals surface area contributed by atoms with Gasteiger partial charge in [-0.25, -0.2) is 0 Å². The largest absolute Gasteiger partial charge is 0.355 e. The van der Waals surface area contributed by atoms with Crippen LogP contribution in [-0.2, 0) is 4.79 Å². The molecule has 0 aromatic heterocycles. The average Bonchev–Trinajstić information content (AvgIpc) is 2.81. The van der Waals surface area contributed by atoms with Crippen LogP contribution in [0.25, 0.3) is 0 Å². The highest BCUT2D eigenvalue weighted by molar-refractivity contribution is 5.78. The molecule has 0 saturated heterocycles. The molecule has 112 valence electrons. The van der Waals surface area contributed by atoms with E-state index in [1.807, 2.05) is 0 Å². The fourth-order valence-corrected chi connectivity index (χ4v) is 3.57. The van der Waals surface area contributed by atoms with Crippen molar-refractivity contribution in [3.8, 4) is 0 Å². The van der Waals surface area contributed by atoms with E-state index < -0.39 is 0 Å². The minimum atomic E-state index is 0.00232. The van der Waals surface area contributed by atoms with Gasteiger partial charge in [0.05, 0.1) is 5.92 Å². The highest BCUT2D eigenvalue weighted by atomic mass is 16.1. The fraction of sp³-hybridized carbons (Fsp3) is 0.938. The van der Waals surface area contributed by atoms with Crippen LogP contribution in [0, 0.1) is 17.3 Å². The zero-order valence-corrected chi connectivity index (χ0v) is 13.0. The SMILES string of the molecule is CCCC(CN)C(=O)NCC1(CC(C)C)CCCC1. The van der Waals surface area contributed by atoms with Crippen LogP contribution >= 0.6 is 0 Å². The van der Waals surface area contributed by atoms with Crippen LogP contribution in [-0.4, -0.2) is 19.0 Å². The number of carbonyl (C=O) groups excluding carboxylic acids is 1. The average molecular weight is 268 g/mol. The molecule has 1 atom stereocenters. The second-order valence-corrected chi connectivity index (χ2v) is 6.74. The molecular weight excluding hydrogens is 236 g/mol. The normalized spacial score (nSPS) is 19.6. The molecule has 0 aromatic rings. The lowest BCUT2D eigenvalue weighted by molar-refractivity contribution is -0.125. The van der Waals surface area contributed by atoms with Crippen LogP contribution in [0.15, 0.2) is 0 Å². The van der Waals surface area contributed by atoms with Gasteiger partial charge in [-0.2, -0.15) is 0 Å². The zero-order valence-electron chi connectivity index (χ0n) is 13.0. The Kier molecular flexibility index (Phi) is 6.84. The first-order chi connectivity index (χ1) is 9.03. The molecule has 3 heteroatoms. The summed E-state index contributed by atoms with van der Waals surface area (Å²) in [6.45, 7) is 7.98. The zero-order chi connectivity index (χ0) is 14.3. The van der Waals surface area contributed by atoms with Gasteiger partial charge in [-0.15, -0.1) is 0 Å². The number of rotatable bonds is 8. The Morgan fingerprint density at radius 1 is 1.32 bits per heavy atom. The monoisotopic (exact) mass is 268 g/mol. The van der Waals surface area contributed by atoms with Crippen molar-refractivity contribution in [3.05, 3.63) is 0 Å². The maximum Gasteiger partial charge on any atom is 0.224 e. The first kappa shape index (κ1) is 16.5. The number of hydrogen-bond donors (Lipinski definition) is 2. The van der Waals surface area contributed by atoms with Crippen LogP contribution in [0.4, 0.5) is 0 Å². The summed E-state index contributed by atoms with van der Waals surface area (Å²) in [6.07, 6.45) is 8.33. The summed E-state index contributed by atoms with van der Waals surface area (Å²) >= 11 is 0. The number of carbonyl (C=O) groups is 1. The standard InChI is InChI=1S/C16H32N2O/c1-4-7-14(11-17)15(19)18-12-16(10-13(2)3)8-5-6-9-16/h13-14H,4-12,17H2,1-3H3,(H,18,19). The molecule has 19 heavy (non-hydrogen) atoms. The summed E-state index contributed by atoms with van der Waals surface area (Å²) in [5.41, 5.74) is 6.05. The van der Waals surface area contributed by atoms with E-state index in [9.17, 15) is 4.79 Å². The Labute approximate surface area is 118 Å². The van der Waals surface area contributed by atoms with Gasteiger partial charge >= 0.3 is 0 Å². The summed E-state index contributed by atoms with van der Waals surface area (Å²) in [5.74, 6) is 0.873. The van der Waals surface area contributed by atoms with Gasteiger partial charge in [-0.05, 0) is 37.0 Å². The van der Waals surface area contributed by atoms with E-state index in [1.54, 1.807) is 0 Å². The molecule has 1 fully saturated rings. The van der Waals surface area contributed by atoms with E-state index in [1.165, 1.54) is 32.1 Å². The van der Waals surface area contributed by atoms with Crippen molar-refractivity contribution < 1.29 is 4.79 Å². The van der Waals surface area contributed by atoms with Crippen molar-refractivity contribution in [2.45, 2.75) is 65.7 Å². The third-order valence-corrected chi connectivity index (χ3v) is 4.44. The molecule has 1 unspecified atom stereocenters. The Hall–Kier alpha value is -0.570. The van der Waals surface area contributed by atoms with Gasteiger partial charge in [0.1, 0.15) is 0 Å². The van der Waals surface area contributed by atoms with E-state index in [0.717, 1.165) is 19.4 Å². The van der Waals surface area contributed by atoms with Crippen LogP contribution in [0.2, 0.25) is 0 Å². The predicted molar refractivity (Wildman–Crippen MR) is 80.8 cm³/mol. The lowest BCUT2D eigenvalue weighted by Gasteiger charge is -2.31. The summed E-state index contributed by atoms with van der Waals surface area (Å²) in [4.78, 5) is 12.2. The van der Waals surface area contributed by atoms with Gasteiger partial charge in [0, 0.05) is 13.1 Å². The summed E-state index contributed by atoms with van der Waals surface area (Å²) < 4.78 is 0. The molecule has 1 rings (SSSR count). The number of amides is 1. The van der Waals surface area contributed by atoms with E-state index in [4.69, 9.17) is 5.73 Å². The smallest absolute Gasteiger partial charge is 0.224 e. The van der Waals surface area contributed by atoms with Gasteiger partial charge in [-0.1, -0.05) is 40.0 Å². The van der Waals surface area contributed by atoms with Crippen molar-refractivity contribution in [2.75, 3.05) is 13.1 Å². The molecule has 0 heterocycles. The molecular formula is C16H32N2O. The Balaban J connectivity index is 2.49. The van der Waals surface area contributed by atoms with Gasteiger partial charge in [0.15, 0.2) is 0 Å². The van der Waals surface area contributed by atoms with Gasteiger partial charge in [0.2, 0.25) is 5.91 Å². The Morgan fingerprint density at radius 2 is 1.95 bits per heavy atom. The van der Waals surface area contributed by atoms with Gasteiger partial charge in [-0.3, -0.25) is 4.79 Å². The van der Waals surface area contributed by atoms with Crippen molar-refractivity contribution in [3.63, 3.8) is 0 Å². The number of nitrogens with two attached hydrogens (primary N) is 1. The molecule has 1 aliphatic carbocycles. The second kappa shape index (κ2) is 7.88. The van der Waals surface area contributed by atoms with Crippen LogP contribution in [0.5, 0.6) is 0 Å². The molecule has 3 nitrogen and oxygen atoms in total. The number of hydrogen-bond acceptors (Lipinski definition) is 2. The van der Waals surface area contributed by atoms with Crippen molar-refractivity contribution in [1.82, 2.24) is 5.32 Å². The van der Waals surface area contributed by atoms with E-state index in [0.29, 0.717) is 17.9 Å². The molecule has 0 spiro atoms. The third-order valence-electron chi connectivity index (χ3n) is 4.44. The van der Waals surface area contributed by atoms with Gasteiger partial charge in [0.25, 0.3) is 0 Å². The van der Waals surface area contributed by atoms with Crippen molar-refractivity contribution in [2.24, 2.45) is 23.0 Å². The Morgan fingerprint density at radius 3 is 2.42 bits per heavy atom. The van der Waals surface area contributed by atoms with E-state index in [2.05, 4.69) is 26.1 Å². The molecule has 0 radical (unpaired) electrons. The minimum Gasteiger partial charge on any atom is -0.355 e. The van der Waals surface area contributed by atoms with E-state index >= 15 is 0 Å². The molecule has 1 amide bonds. The quantitative estimate of drug-likeness (QED) is 0.711. The number of nitrogens with one attached hydrogen (secondary N) is 1.